The van der Waals surface area contributed by atoms with Gasteiger partial charge in [0, 0.05) is 5.75 Å². The topological polar surface area (TPSA) is 26.0 Å². The normalized spacial score (nSPS) is 12.2. The molecule has 98 valence electrons. The van der Waals surface area contributed by atoms with E-state index in [1.807, 2.05) is 24.3 Å². The fourth-order valence-corrected chi connectivity index (χ4v) is 2.74. The Labute approximate surface area is 125 Å². The molecule has 0 radical (unpaired) electrons. The molecule has 1 aromatic heterocycles. The Kier molecular flexibility index (Phi) is 5.07. The predicted molar refractivity (Wildman–Crippen MR) is 78.9 cm³/mol. The molecule has 2 nitrogen and oxygen atoms in total. The fourth-order valence-electron chi connectivity index (χ4n) is 1.50. The molecule has 0 saturated heterocycles. The average molecular weight is 325 g/mol. The summed E-state index contributed by atoms with van der Waals surface area (Å²) in [6.07, 6.45) is 2.42. The van der Waals surface area contributed by atoms with E-state index < -0.39 is 3.79 Å². The van der Waals surface area contributed by atoms with E-state index in [2.05, 4.69) is 4.98 Å². The summed E-state index contributed by atoms with van der Waals surface area (Å²) in [5.41, 5.74) is 1.71. The lowest BCUT2D eigenvalue weighted by atomic mass is 10.3. The number of nitrogens with zero attached hydrogens (tertiary/aromatic N) is 1. The van der Waals surface area contributed by atoms with Gasteiger partial charge in [-0.15, -0.1) is 0 Å². The minimum Gasteiger partial charge on any atom is -0.431 e. The lowest BCUT2D eigenvalue weighted by molar-refractivity contribution is 0.489. The molecule has 0 bridgehead atoms. The number of alkyl halides is 3. The molecule has 2 aromatic rings. The molecule has 0 unspecified atom stereocenters. The van der Waals surface area contributed by atoms with Gasteiger partial charge < -0.3 is 4.42 Å². The molecule has 0 amide bonds. The van der Waals surface area contributed by atoms with E-state index in [1.54, 1.807) is 11.8 Å². The Morgan fingerprint density at radius 3 is 2.67 bits per heavy atom. The van der Waals surface area contributed by atoms with Crippen LogP contribution in [-0.2, 0) is 0 Å². The van der Waals surface area contributed by atoms with E-state index in [1.165, 1.54) is 0 Å². The molecule has 0 aliphatic rings. The highest BCUT2D eigenvalue weighted by Crippen LogP contribution is 2.32. The van der Waals surface area contributed by atoms with Gasteiger partial charge in [-0.25, -0.2) is 4.98 Å². The van der Waals surface area contributed by atoms with Crippen molar-refractivity contribution in [3.05, 3.63) is 24.3 Å². The summed E-state index contributed by atoms with van der Waals surface area (Å²) in [6.45, 7) is 0. The molecule has 0 fully saturated rings. The number of hydrogen-bond acceptors (Lipinski definition) is 3. The summed E-state index contributed by atoms with van der Waals surface area (Å²) in [5.74, 6) is 0.910. The van der Waals surface area contributed by atoms with E-state index in [0.717, 1.165) is 29.7 Å². The molecular formula is C12H12Cl3NOS. The second-order valence-corrected chi connectivity index (χ2v) is 7.43. The molecule has 0 aliphatic heterocycles. The van der Waals surface area contributed by atoms with Crippen LogP contribution < -0.4 is 0 Å². The summed E-state index contributed by atoms with van der Waals surface area (Å²) in [4.78, 5) is 4.38. The summed E-state index contributed by atoms with van der Waals surface area (Å²) in [7, 11) is 0. The van der Waals surface area contributed by atoms with Crippen molar-refractivity contribution in [2.45, 2.75) is 28.3 Å². The van der Waals surface area contributed by atoms with Crippen LogP contribution in [0.5, 0.6) is 0 Å². The molecular weight excluding hydrogens is 313 g/mol. The fraction of sp³-hybridized carbons (Fsp3) is 0.417. The van der Waals surface area contributed by atoms with Crippen molar-refractivity contribution in [1.82, 2.24) is 4.98 Å². The Balaban J connectivity index is 1.77. The predicted octanol–water partition coefficient (Wildman–Crippen LogP) is 5.46. The van der Waals surface area contributed by atoms with Crippen molar-refractivity contribution in [3.8, 4) is 0 Å². The lowest BCUT2D eigenvalue weighted by Crippen LogP contribution is -2.01. The Bertz CT molecular complexity index is 476. The standard InChI is InChI=1S/C12H12Cl3NOS/c13-12(14,15)7-3-4-8-18-11-16-9-5-1-2-6-10(9)17-11/h1-2,5-6H,3-4,7-8H2. The number of thioether (sulfide) groups is 1. The second-order valence-electron chi connectivity index (χ2n) is 3.87. The van der Waals surface area contributed by atoms with E-state index in [-0.39, 0.29) is 0 Å². The maximum atomic E-state index is 5.68. The van der Waals surface area contributed by atoms with Gasteiger partial charge in [-0.3, -0.25) is 0 Å². The van der Waals surface area contributed by atoms with Gasteiger partial charge in [0.15, 0.2) is 9.38 Å². The van der Waals surface area contributed by atoms with E-state index >= 15 is 0 Å². The van der Waals surface area contributed by atoms with E-state index in [9.17, 15) is 0 Å². The zero-order valence-electron chi connectivity index (χ0n) is 9.54. The molecule has 0 aliphatic carbocycles. The number of fused-ring (bicyclic) bond motifs is 1. The number of para-hydroxylation sites is 2. The SMILES string of the molecule is ClC(Cl)(Cl)CCCCSc1nc2ccccc2o1. The first-order valence-electron chi connectivity index (χ1n) is 5.60. The van der Waals surface area contributed by atoms with Crippen LogP contribution in [0.3, 0.4) is 0 Å². The quantitative estimate of drug-likeness (QED) is 0.415. The summed E-state index contributed by atoms with van der Waals surface area (Å²) < 4.78 is 4.45. The van der Waals surface area contributed by atoms with Crippen molar-refractivity contribution in [3.63, 3.8) is 0 Å². The van der Waals surface area contributed by atoms with Gasteiger partial charge in [0.05, 0.1) is 0 Å². The zero-order valence-corrected chi connectivity index (χ0v) is 12.6. The molecule has 18 heavy (non-hydrogen) atoms. The van der Waals surface area contributed by atoms with Crippen LogP contribution in [0.25, 0.3) is 11.1 Å². The molecule has 0 atom stereocenters. The van der Waals surface area contributed by atoms with Crippen LogP contribution in [0.15, 0.2) is 33.9 Å². The molecule has 0 N–H and O–H groups in total. The van der Waals surface area contributed by atoms with Crippen molar-refractivity contribution >= 4 is 57.7 Å². The minimum absolute atomic E-state index is 0.575. The monoisotopic (exact) mass is 323 g/mol. The van der Waals surface area contributed by atoms with Gasteiger partial charge in [0.2, 0.25) is 0 Å². The van der Waals surface area contributed by atoms with Crippen LogP contribution in [0.4, 0.5) is 0 Å². The summed E-state index contributed by atoms with van der Waals surface area (Å²) >= 11 is 18.6. The van der Waals surface area contributed by atoms with Gasteiger partial charge >= 0.3 is 0 Å². The highest BCUT2D eigenvalue weighted by molar-refractivity contribution is 7.99. The average Bonchev–Trinajstić information content (AvgIpc) is 2.69. The van der Waals surface area contributed by atoms with Crippen molar-refractivity contribution in [1.29, 1.82) is 0 Å². The van der Waals surface area contributed by atoms with Crippen molar-refractivity contribution in [2.24, 2.45) is 0 Å². The first kappa shape index (κ1) is 14.3. The number of aromatic nitrogens is 1. The number of rotatable bonds is 5. The van der Waals surface area contributed by atoms with Crippen LogP contribution in [-0.4, -0.2) is 14.5 Å². The van der Waals surface area contributed by atoms with Crippen LogP contribution >= 0.6 is 46.6 Å². The van der Waals surface area contributed by atoms with Crippen molar-refractivity contribution in [2.75, 3.05) is 5.75 Å². The number of halogens is 3. The molecule has 0 saturated carbocycles. The van der Waals surface area contributed by atoms with Gasteiger partial charge in [-0.2, -0.15) is 0 Å². The highest BCUT2D eigenvalue weighted by Gasteiger charge is 2.18. The first-order chi connectivity index (χ1) is 8.54. The van der Waals surface area contributed by atoms with Gasteiger partial charge in [0.25, 0.3) is 5.22 Å². The molecule has 0 spiro atoms. The zero-order chi connectivity index (χ0) is 13.0. The maximum absolute atomic E-state index is 5.68. The molecule has 1 aromatic carbocycles. The van der Waals surface area contributed by atoms with Gasteiger partial charge in [-0.1, -0.05) is 58.7 Å². The summed E-state index contributed by atoms with van der Waals surface area (Å²) in [6, 6.07) is 7.73. The van der Waals surface area contributed by atoms with Crippen LogP contribution in [0, 0.1) is 0 Å². The molecule has 6 heteroatoms. The summed E-state index contributed by atoms with van der Waals surface area (Å²) in [5, 5.41) is 0.699. The van der Waals surface area contributed by atoms with E-state index in [0.29, 0.717) is 11.6 Å². The molecule has 2 rings (SSSR count). The Morgan fingerprint density at radius 2 is 1.94 bits per heavy atom. The van der Waals surface area contributed by atoms with Gasteiger partial charge in [0.1, 0.15) is 5.52 Å². The Morgan fingerprint density at radius 1 is 1.17 bits per heavy atom. The largest absolute Gasteiger partial charge is 0.431 e. The highest BCUT2D eigenvalue weighted by atomic mass is 35.6. The van der Waals surface area contributed by atoms with Crippen LogP contribution in [0.2, 0.25) is 0 Å². The lowest BCUT2D eigenvalue weighted by Gasteiger charge is -2.08. The van der Waals surface area contributed by atoms with E-state index in [4.69, 9.17) is 39.2 Å². The Hall–Kier alpha value is -0.0900. The van der Waals surface area contributed by atoms with Crippen molar-refractivity contribution < 1.29 is 4.42 Å². The maximum Gasteiger partial charge on any atom is 0.256 e. The van der Waals surface area contributed by atoms with Crippen LogP contribution in [0.1, 0.15) is 19.3 Å². The third kappa shape index (κ3) is 4.54. The number of oxazole rings is 1. The van der Waals surface area contributed by atoms with Gasteiger partial charge in [-0.05, 0) is 31.4 Å². The third-order valence-electron chi connectivity index (χ3n) is 2.35. The minimum atomic E-state index is -1.14. The number of benzene rings is 1. The smallest absolute Gasteiger partial charge is 0.256 e. The number of unbranched alkanes of at least 4 members (excludes halogenated alkanes) is 1. The second kappa shape index (κ2) is 6.38. The number of hydrogen-bond donors (Lipinski definition) is 0. The third-order valence-corrected chi connectivity index (χ3v) is 3.84. The first-order valence-corrected chi connectivity index (χ1v) is 7.72. The molecule has 1 heterocycles.